The highest BCUT2D eigenvalue weighted by Crippen LogP contribution is 2.28. The largest absolute Gasteiger partial charge is 0.484 e. The predicted octanol–water partition coefficient (Wildman–Crippen LogP) is 4.78. The van der Waals surface area contributed by atoms with Gasteiger partial charge in [-0.2, -0.15) is 0 Å². The van der Waals surface area contributed by atoms with E-state index in [4.69, 9.17) is 4.74 Å². The van der Waals surface area contributed by atoms with Crippen molar-refractivity contribution in [3.8, 4) is 5.75 Å². The van der Waals surface area contributed by atoms with E-state index in [-0.39, 0.29) is 12.4 Å². The van der Waals surface area contributed by atoms with E-state index in [9.17, 15) is 4.79 Å². The molecule has 0 radical (unpaired) electrons. The van der Waals surface area contributed by atoms with E-state index in [0.29, 0.717) is 11.3 Å². The van der Waals surface area contributed by atoms with Crippen molar-refractivity contribution in [3.63, 3.8) is 0 Å². The highest BCUT2D eigenvalue weighted by Gasteiger charge is 2.08. The van der Waals surface area contributed by atoms with Gasteiger partial charge in [0.15, 0.2) is 12.4 Å². The summed E-state index contributed by atoms with van der Waals surface area (Å²) in [6, 6.07) is 13.1. The van der Waals surface area contributed by atoms with E-state index in [1.165, 1.54) is 0 Å². The molecule has 0 amide bonds. The molecule has 19 heavy (non-hydrogen) atoms. The minimum absolute atomic E-state index is 0.0291. The lowest BCUT2D eigenvalue weighted by molar-refractivity contribution is 0.0921. The summed E-state index contributed by atoms with van der Waals surface area (Å²) in [6.45, 7) is 1.99. The minimum atomic E-state index is -0.0291. The Morgan fingerprint density at radius 3 is 2.63 bits per heavy atom. The van der Waals surface area contributed by atoms with Crippen LogP contribution in [0.4, 0.5) is 0 Å². The Morgan fingerprint density at radius 2 is 1.95 bits per heavy atom. The fourth-order valence-electron chi connectivity index (χ4n) is 1.64. The van der Waals surface area contributed by atoms with Gasteiger partial charge in [-0.05, 0) is 47.1 Å². The van der Waals surface area contributed by atoms with Crippen molar-refractivity contribution in [2.45, 2.75) is 6.92 Å². The number of halogens is 2. The molecule has 0 unspecified atom stereocenters. The molecule has 0 aliphatic rings. The molecule has 0 fully saturated rings. The third-order valence-electron chi connectivity index (χ3n) is 2.59. The van der Waals surface area contributed by atoms with E-state index < -0.39 is 0 Å². The van der Waals surface area contributed by atoms with Gasteiger partial charge in [0, 0.05) is 10.0 Å². The first-order valence-electron chi connectivity index (χ1n) is 5.74. The van der Waals surface area contributed by atoms with Crippen LogP contribution in [0.15, 0.2) is 51.4 Å². The van der Waals surface area contributed by atoms with Crippen LogP contribution in [0.1, 0.15) is 15.9 Å². The monoisotopic (exact) mass is 382 g/mol. The third-order valence-corrected chi connectivity index (χ3v) is 3.71. The Kier molecular flexibility index (Phi) is 4.77. The lowest BCUT2D eigenvalue weighted by Crippen LogP contribution is -2.11. The number of hydrogen-bond donors (Lipinski definition) is 0. The maximum atomic E-state index is 12.0. The number of rotatable bonds is 4. The van der Waals surface area contributed by atoms with Crippen LogP contribution in [-0.4, -0.2) is 12.4 Å². The molecule has 2 aromatic rings. The Balaban J connectivity index is 2.04. The number of carbonyl (C=O) groups excluding carboxylic acids is 1. The van der Waals surface area contributed by atoms with Crippen LogP contribution in [0.5, 0.6) is 5.75 Å². The van der Waals surface area contributed by atoms with Crippen LogP contribution in [0.3, 0.4) is 0 Å². The van der Waals surface area contributed by atoms with Crippen LogP contribution in [-0.2, 0) is 0 Å². The third kappa shape index (κ3) is 3.91. The molecule has 0 saturated heterocycles. The summed E-state index contributed by atoms with van der Waals surface area (Å²) in [5.74, 6) is 0.628. The molecule has 4 heteroatoms. The zero-order valence-electron chi connectivity index (χ0n) is 10.3. The molecule has 2 rings (SSSR count). The zero-order chi connectivity index (χ0) is 13.8. The van der Waals surface area contributed by atoms with Gasteiger partial charge in [-0.3, -0.25) is 4.79 Å². The maximum absolute atomic E-state index is 12.0. The number of ketones is 1. The number of ether oxygens (including phenoxy) is 1. The smallest absolute Gasteiger partial charge is 0.200 e. The van der Waals surface area contributed by atoms with E-state index in [2.05, 4.69) is 31.9 Å². The fourth-order valence-corrected chi connectivity index (χ4v) is 2.80. The van der Waals surface area contributed by atoms with Crippen LogP contribution >= 0.6 is 31.9 Å². The van der Waals surface area contributed by atoms with Gasteiger partial charge >= 0.3 is 0 Å². The van der Waals surface area contributed by atoms with Crippen molar-refractivity contribution in [1.82, 2.24) is 0 Å². The minimum Gasteiger partial charge on any atom is -0.484 e. The summed E-state index contributed by atoms with van der Waals surface area (Å²) in [4.78, 5) is 12.0. The number of benzene rings is 2. The molecule has 0 aromatic heterocycles. The van der Waals surface area contributed by atoms with Crippen LogP contribution in [0.2, 0.25) is 0 Å². The zero-order valence-corrected chi connectivity index (χ0v) is 13.5. The predicted molar refractivity (Wildman–Crippen MR) is 82.8 cm³/mol. The molecular weight excluding hydrogens is 372 g/mol. The van der Waals surface area contributed by atoms with Gasteiger partial charge < -0.3 is 4.74 Å². The van der Waals surface area contributed by atoms with Crippen molar-refractivity contribution < 1.29 is 9.53 Å². The first-order chi connectivity index (χ1) is 9.06. The van der Waals surface area contributed by atoms with Crippen molar-refractivity contribution >= 4 is 37.6 Å². The van der Waals surface area contributed by atoms with Crippen molar-refractivity contribution in [2.24, 2.45) is 0 Å². The second-order valence-electron chi connectivity index (χ2n) is 4.16. The fraction of sp³-hybridized carbons (Fsp3) is 0.133. The summed E-state index contributed by atoms with van der Waals surface area (Å²) in [7, 11) is 0. The number of carbonyl (C=O) groups is 1. The van der Waals surface area contributed by atoms with Gasteiger partial charge in [-0.25, -0.2) is 0 Å². The Bertz CT molecular complexity index is 609. The average Bonchev–Trinajstić information content (AvgIpc) is 2.37. The maximum Gasteiger partial charge on any atom is 0.200 e. The van der Waals surface area contributed by atoms with Gasteiger partial charge in [-0.1, -0.05) is 39.7 Å². The molecule has 0 spiro atoms. The second kappa shape index (κ2) is 6.35. The second-order valence-corrected chi connectivity index (χ2v) is 5.93. The first kappa shape index (κ1) is 14.3. The highest BCUT2D eigenvalue weighted by molar-refractivity contribution is 9.11. The molecule has 0 aliphatic carbocycles. The van der Waals surface area contributed by atoms with E-state index in [0.717, 1.165) is 14.5 Å². The van der Waals surface area contributed by atoms with Crippen LogP contribution < -0.4 is 4.74 Å². The summed E-state index contributed by atoms with van der Waals surface area (Å²) < 4.78 is 7.30. The number of Topliss-reactive ketones (excluding diaryl/α,β-unsaturated/α-hetero) is 1. The van der Waals surface area contributed by atoms with Crippen LogP contribution in [0.25, 0.3) is 0 Å². The first-order valence-corrected chi connectivity index (χ1v) is 7.32. The average molecular weight is 384 g/mol. The van der Waals surface area contributed by atoms with Crippen molar-refractivity contribution in [1.29, 1.82) is 0 Å². The lowest BCUT2D eigenvalue weighted by Gasteiger charge is -2.08. The molecule has 2 nitrogen and oxygen atoms in total. The van der Waals surface area contributed by atoms with Crippen molar-refractivity contribution in [2.75, 3.05) is 6.61 Å². The summed E-state index contributed by atoms with van der Waals surface area (Å²) >= 11 is 6.77. The van der Waals surface area contributed by atoms with Gasteiger partial charge in [0.25, 0.3) is 0 Å². The van der Waals surface area contributed by atoms with E-state index >= 15 is 0 Å². The lowest BCUT2D eigenvalue weighted by atomic mass is 10.1. The topological polar surface area (TPSA) is 26.3 Å². The normalized spacial score (nSPS) is 10.3. The summed E-state index contributed by atoms with van der Waals surface area (Å²) in [5, 5.41) is 0. The molecule has 98 valence electrons. The molecular formula is C15H12Br2O2. The highest BCUT2D eigenvalue weighted by atomic mass is 79.9. The SMILES string of the molecule is Cc1cccc(C(=O)COc2ccc(Br)cc2Br)c1. The molecule has 0 bridgehead atoms. The molecule has 0 atom stereocenters. The van der Waals surface area contributed by atoms with Gasteiger partial charge in [0.1, 0.15) is 5.75 Å². The molecule has 2 aromatic carbocycles. The Hall–Kier alpha value is -1.13. The summed E-state index contributed by atoms with van der Waals surface area (Å²) in [6.07, 6.45) is 0. The van der Waals surface area contributed by atoms with Crippen molar-refractivity contribution in [3.05, 3.63) is 62.5 Å². The molecule has 0 N–H and O–H groups in total. The Morgan fingerprint density at radius 1 is 1.16 bits per heavy atom. The van der Waals surface area contributed by atoms with Crippen LogP contribution in [0, 0.1) is 6.92 Å². The van der Waals surface area contributed by atoms with E-state index in [1.54, 1.807) is 6.07 Å². The van der Waals surface area contributed by atoms with Gasteiger partial charge in [0.2, 0.25) is 0 Å². The molecule has 0 aliphatic heterocycles. The number of aryl methyl sites for hydroxylation is 1. The summed E-state index contributed by atoms with van der Waals surface area (Å²) in [5.41, 5.74) is 1.74. The quantitative estimate of drug-likeness (QED) is 0.710. The number of hydrogen-bond acceptors (Lipinski definition) is 2. The molecule has 0 heterocycles. The molecule has 0 saturated carbocycles. The standard InChI is InChI=1S/C15H12Br2O2/c1-10-3-2-4-11(7-10)14(18)9-19-15-6-5-12(16)8-13(15)17/h2-8H,9H2,1H3. The van der Waals surface area contributed by atoms with Gasteiger partial charge in [0.05, 0.1) is 4.47 Å². The van der Waals surface area contributed by atoms with E-state index in [1.807, 2.05) is 43.3 Å². The Labute approximate surface area is 129 Å². The van der Waals surface area contributed by atoms with Gasteiger partial charge in [-0.15, -0.1) is 0 Å².